The van der Waals surface area contributed by atoms with E-state index in [0.29, 0.717) is 5.76 Å². The highest BCUT2D eigenvalue weighted by Crippen LogP contribution is 2.27. The van der Waals surface area contributed by atoms with E-state index in [2.05, 4.69) is 5.32 Å². The van der Waals surface area contributed by atoms with Crippen LogP contribution in [0.3, 0.4) is 0 Å². The van der Waals surface area contributed by atoms with Gasteiger partial charge in [0.05, 0.1) is 12.3 Å². The summed E-state index contributed by atoms with van der Waals surface area (Å²) in [6.45, 7) is 1.86. The Hall–Kier alpha value is -1.68. The molecule has 0 amide bonds. The van der Waals surface area contributed by atoms with Gasteiger partial charge in [-0.15, -0.1) is 0 Å². The van der Waals surface area contributed by atoms with Crippen LogP contribution in [0.25, 0.3) is 0 Å². The molecule has 0 radical (unpaired) electrons. The predicted octanol–water partition coefficient (Wildman–Crippen LogP) is 3.18. The quantitative estimate of drug-likeness (QED) is 0.887. The Morgan fingerprint density at radius 3 is 2.59 bits per heavy atom. The lowest BCUT2D eigenvalue weighted by molar-refractivity contribution is 0.448. The molecule has 1 unspecified atom stereocenters. The molecule has 1 aromatic carbocycles. The Labute approximate surface area is 98.3 Å². The van der Waals surface area contributed by atoms with E-state index in [0.717, 1.165) is 17.7 Å². The Morgan fingerprint density at radius 1 is 1.24 bits per heavy atom. The fraction of sp³-hybridized carbons (Fsp3) is 0.231. The monoisotopic (exact) mass is 237 g/mol. The molecule has 2 nitrogen and oxygen atoms in total. The van der Waals surface area contributed by atoms with Gasteiger partial charge in [0.2, 0.25) is 0 Å². The fourth-order valence-corrected chi connectivity index (χ4v) is 1.84. The lowest BCUT2D eigenvalue weighted by atomic mass is 10.0. The van der Waals surface area contributed by atoms with Crippen molar-refractivity contribution in [1.29, 1.82) is 0 Å². The van der Waals surface area contributed by atoms with Crippen LogP contribution in [0.2, 0.25) is 0 Å². The summed E-state index contributed by atoms with van der Waals surface area (Å²) in [5, 5.41) is 2.93. The van der Waals surface area contributed by atoms with Gasteiger partial charge in [-0.2, -0.15) is 0 Å². The predicted molar refractivity (Wildman–Crippen MR) is 60.7 cm³/mol. The third-order valence-electron chi connectivity index (χ3n) is 2.72. The SMILES string of the molecule is CNC(c1cc(F)ccc1F)c1occc1C. The average molecular weight is 237 g/mol. The van der Waals surface area contributed by atoms with Crippen molar-refractivity contribution in [1.82, 2.24) is 5.32 Å². The lowest BCUT2D eigenvalue weighted by Gasteiger charge is -2.16. The average Bonchev–Trinajstić information content (AvgIpc) is 2.71. The summed E-state index contributed by atoms with van der Waals surface area (Å²) in [6, 6.07) is 4.70. The van der Waals surface area contributed by atoms with E-state index in [1.165, 1.54) is 12.3 Å². The first-order valence-electron chi connectivity index (χ1n) is 5.29. The van der Waals surface area contributed by atoms with Crippen LogP contribution in [-0.4, -0.2) is 7.05 Å². The zero-order valence-electron chi connectivity index (χ0n) is 9.63. The van der Waals surface area contributed by atoms with Crippen molar-refractivity contribution in [2.45, 2.75) is 13.0 Å². The molecule has 0 spiro atoms. The number of hydrogen-bond acceptors (Lipinski definition) is 2. The van der Waals surface area contributed by atoms with Crippen LogP contribution in [0.1, 0.15) is 22.9 Å². The van der Waals surface area contributed by atoms with Crippen LogP contribution in [0.4, 0.5) is 8.78 Å². The number of hydrogen-bond donors (Lipinski definition) is 1. The zero-order chi connectivity index (χ0) is 12.4. The Bertz CT molecular complexity index is 522. The van der Waals surface area contributed by atoms with Gasteiger partial charge in [0.1, 0.15) is 17.4 Å². The van der Waals surface area contributed by atoms with Gasteiger partial charge in [0, 0.05) is 5.56 Å². The van der Waals surface area contributed by atoms with Gasteiger partial charge in [-0.1, -0.05) is 0 Å². The molecule has 0 aliphatic carbocycles. The van der Waals surface area contributed by atoms with Gasteiger partial charge in [-0.3, -0.25) is 0 Å². The van der Waals surface area contributed by atoms with Gasteiger partial charge in [0.15, 0.2) is 0 Å². The summed E-state index contributed by atoms with van der Waals surface area (Å²) in [4.78, 5) is 0. The van der Waals surface area contributed by atoms with Crippen molar-refractivity contribution in [3.05, 3.63) is 59.1 Å². The standard InChI is InChI=1S/C13H13F2NO/c1-8-5-6-17-13(8)12(16-2)10-7-9(14)3-4-11(10)15/h3-7,12,16H,1-2H3. The van der Waals surface area contributed by atoms with Crippen molar-refractivity contribution in [2.24, 2.45) is 0 Å². The number of nitrogens with one attached hydrogen (secondary N) is 1. The number of rotatable bonds is 3. The topological polar surface area (TPSA) is 25.2 Å². The summed E-state index contributed by atoms with van der Waals surface area (Å²) < 4.78 is 32.2. The molecule has 0 bridgehead atoms. The third-order valence-corrected chi connectivity index (χ3v) is 2.72. The van der Waals surface area contributed by atoms with E-state index >= 15 is 0 Å². The van der Waals surface area contributed by atoms with Crippen molar-refractivity contribution < 1.29 is 13.2 Å². The molecule has 0 aliphatic heterocycles. The molecule has 17 heavy (non-hydrogen) atoms. The maximum atomic E-state index is 13.7. The highest BCUT2D eigenvalue weighted by atomic mass is 19.1. The van der Waals surface area contributed by atoms with E-state index in [1.807, 2.05) is 6.92 Å². The molecular formula is C13H13F2NO. The molecule has 2 rings (SSSR count). The van der Waals surface area contributed by atoms with Crippen LogP contribution < -0.4 is 5.32 Å². The van der Waals surface area contributed by atoms with E-state index in [4.69, 9.17) is 4.42 Å². The molecule has 1 atom stereocenters. The van der Waals surface area contributed by atoms with Gasteiger partial charge in [-0.05, 0) is 43.8 Å². The van der Waals surface area contributed by atoms with Crippen LogP contribution in [0, 0.1) is 18.6 Å². The molecule has 0 saturated carbocycles. The lowest BCUT2D eigenvalue weighted by Crippen LogP contribution is -2.19. The molecule has 4 heteroatoms. The third kappa shape index (κ3) is 2.22. The van der Waals surface area contributed by atoms with Crippen LogP contribution >= 0.6 is 0 Å². The highest BCUT2D eigenvalue weighted by molar-refractivity contribution is 5.32. The van der Waals surface area contributed by atoms with Crippen LogP contribution in [0.5, 0.6) is 0 Å². The molecular weight excluding hydrogens is 224 g/mol. The van der Waals surface area contributed by atoms with Crippen LogP contribution in [-0.2, 0) is 0 Å². The summed E-state index contributed by atoms with van der Waals surface area (Å²) in [5.74, 6) is -0.329. The van der Waals surface area contributed by atoms with Gasteiger partial charge in [0.25, 0.3) is 0 Å². The zero-order valence-corrected chi connectivity index (χ0v) is 9.63. The summed E-state index contributed by atoms with van der Waals surface area (Å²) in [6.07, 6.45) is 1.53. The number of benzene rings is 1. The maximum absolute atomic E-state index is 13.7. The molecule has 1 N–H and O–H groups in total. The summed E-state index contributed by atoms with van der Waals surface area (Å²) >= 11 is 0. The Kier molecular flexibility index (Phi) is 3.24. The van der Waals surface area contributed by atoms with Crippen molar-refractivity contribution in [2.75, 3.05) is 7.05 Å². The minimum absolute atomic E-state index is 0.241. The van der Waals surface area contributed by atoms with Crippen molar-refractivity contribution in [3.63, 3.8) is 0 Å². The number of aryl methyl sites for hydroxylation is 1. The minimum Gasteiger partial charge on any atom is -0.467 e. The summed E-state index contributed by atoms with van der Waals surface area (Å²) in [5.41, 5.74) is 1.14. The smallest absolute Gasteiger partial charge is 0.128 e. The molecule has 90 valence electrons. The molecule has 1 aromatic heterocycles. The molecule has 1 heterocycles. The minimum atomic E-state index is -0.485. The van der Waals surface area contributed by atoms with Crippen molar-refractivity contribution >= 4 is 0 Å². The summed E-state index contributed by atoms with van der Waals surface area (Å²) in [7, 11) is 1.68. The molecule has 2 aromatic rings. The van der Waals surface area contributed by atoms with Gasteiger partial charge in [-0.25, -0.2) is 8.78 Å². The number of furan rings is 1. The number of halogens is 2. The second-order valence-electron chi connectivity index (χ2n) is 3.86. The van der Waals surface area contributed by atoms with Gasteiger partial charge < -0.3 is 9.73 Å². The highest BCUT2D eigenvalue weighted by Gasteiger charge is 2.21. The van der Waals surface area contributed by atoms with E-state index in [-0.39, 0.29) is 5.56 Å². The molecule has 0 saturated heterocycles. The van der Waals surface area contributed by atoms with Crippen LogP contribution in [0.15, 0.2) is 34.9 Å². The first-order chi connectivity index (χ1) is 8.13. The van der Waals surface area contributed by atoms with Crippen molar-refractivity contribution in [3.8, 4) is 0 Å². The molecule has 0 fully saturated rings. The van der Waals surface area contributed by atoms with E-state index < -0.39 is 17.7 Å². The maximum Gasteiger partial charge on any atom is 0.128 e. The van der Waals surface area contributed by atoms with E-state index in [9.17, 15) is 8.78 Å². The second kappa shape index (κ2) is 4.67. The molecule has 0 aliphatic rings. The Balaban J connectivity index is 2.49. The van der Waals surface area contributed by atoms with Gasteiger partial charge >= 0.3 is 0 Å². The largest absolute Gasteiger partial charge is 0.467 e. The Morgan fingerprint density at radius 2 is 2.00 bits per heavy atom. The normalized spacial score (nSPS) is 12.7. The van der Waals surface area contributed by atoms with E-state index in [1.54, 1.807) is 13.1 Å². The second-order valence-corrected chi connectivity index (χ2v) is 3.86. The first kappa shape index (κ1) is 11.8. The first-order valence-corrected chi connectivity index (χ1v) is 5.29. The fourth-order valence-electron chi connectivity index (χ4n) is 1.84.